The Kier molecular flexibility index (Phi) is 12.5. The molecule has 0 aromatic heterocycles. The molecule has 0 spiro atoms. The zero-order valence-electron chi connectivity index (χ0n) is 46.0. The molecule has 0 unspecified atom stereocenters. The van der Waals surface area contributed by atoms with Gasteiger partial charge in [-0.15, -0.1) is 0 Å². The molecule has 12 aromatic carbocycles. The first-order chi connectivity index (χ1) is 38.5. The van der Waals surface area contributed by atoms with Crippen molar-refractivity contribution in [1.29, 1.82) is 0 Å². The van der Waals surface area contributed by atoms with E-state index >= 15 is 0 Å². The van der Waals surface area contributed by atoms with Crippen LogP contribution in [0.15, 0.2) is 279 Å². The van der Waals surface area contributed by atoms with E-state index in [1.807, 2.05) is 0 Å². The van der Waals surface area contributed by atoms with Gasteiger partial charge in [0, 0.05) is 38.5 Å². The van der Waals surface area contributed by atoms with Gasteiger partial charge in [-0.25, -0.2) is 0 Å². The summed E-state index contributed by atoms with van der Waals surface area (Å²) in [4.78, 5) is 4.95. The average molecular weight is 1050 g/mol. The van der Waals surface area contributed by atoms with Crippen LogP contribution in [-0.2, 0) is 4.66 Å². The Hall–Kier alpha value is -8.81. The van der Waals surface area contributed by atoms with Crippen molar-refractivity contribution in [3.05, 3.63) is 290 Å². The van der Waals surface area contributed by atoms with Crippen molar-refractivity contribution in [1.82, 2.24) is 0 Å². The molecular formula is C75H64N2Si2. The second-order valence-corrected chi connectivity index (χ2v) is 34.3. The molecule has 0 atom stereocenters. The highest BCUT2D eigenvalue weighted by Gasteiger charge is 2.60. The molecule has 0 radical (unpaired) electrons. The van der Waals surface area contributed by atoms with Crippen LogP contribution in [-0.4, -0.2) is 16.1 Å². The third-order valence-electron chi connectivity index (χ3n) is 16.7. The lowest BCUT2D eigenvalue weighted by Crippen LogP contribution is -2.63. The Morgan fingerprint density at radius 3 is 0.911 bits per heavy atom. The van der Waals surface area contributed by atoms with Crippen LogP contribution < -0.4 is 9.80 Å². The van der Waals surface area contributed by atoms with Crippen LogP contribution in [0.5, 0.6) is 0 Å². The molecule has 1 aliphatic rings. The van der Waals surface area contributed by atoms with Crippen molar-refractivity contribution >= 4 is 71.8 Å². The Balaban J connectivity index is 1.00. The van der Waals surface area contributed by atoms with Crippen LogP contribution in [0.2, 0.25) is 39.3 Å². The monoisotopic (exact) mass is 1050 g/mol. The van der Waals surface area contributed by atoms with E-state index in [9.17, 15) is 0 Å². The van der Waals surface area contributed by atoms with E-state index < -0.39 is 16.1 Å². The first-order valence-electron chi connectivity index (χ1n) is 27.8. The summed E-state index contributed by atoms with van der Waals surface area (Å²) >= 11 is 0. The van der Waals surface area contributed by atoms with E-state index in [0.29, 0.717) is 0 Å². The van der Waals surface area contributed by atoms with E-state index in [-0.39, 0.29) is 4.66 Å². The van der Waals surface area contributed by atoms with E-state index in [1.54, 1.807) is 11.1 Å². The molecule has 0 N–H and O–H groups in total. The quantitative estimate of drug-likeness (QED) is 0.113. The molecule has 0 bridgehead atoms. The number of benzene rings is 12. The third kappa shape index (κ3) is 8.55. The Bertz CT molecular complexity index is 3910. The molecule has 2 nitrogen and oxygen atoms in total. The van der Waals surface area contributed by atoms with Crippen molar-refractivity contribution in [3.8, 4) is 55.6 Å². The zero-order chi connectivity index (χ0) is 53.9. The van der Waals surface area contributed by atoms with Crippen molar-refractivity contribution in [2.24, 2.45) is 0 Å². The number of para-hydroxylation sites is 2. The third-order valence-corrected chi connectivity index (χ3v) is 26.7. The molecule has 382 valence electrons. The van der Waals surface area contributed by atoms with Gasteiger partial charge in [0.1, 0.15) is 0 Å². The fourth-order valence-corrected chi connectivity index (χ4v) is 26.8. The topological polar surface area (TPSA) is 6.48 Å². The molecule has 0 saturated carbocycles. The number of hydrogen-bond acceptors (Lipinski definition) is 2. The molecular weight excluding hydrogens is 985 g/mol. The number of rotatable bonds is 12. The van der Waals surface area contributed by atoms with Gasteiger partial charge in [0.05, 0.1) is 27.5 Å². The smallest absolute Gasteiger partial charge is 0.0579 e. The lowest BCUT2D eigenvalue weighted by Gasteiger charge is -2.52. The van der Waals surface area contributed by atoms with Crippen LogP contribution in [0.1, 0.15) is 11.1 Å². The van der Waals surface area contributed by atoms with Crippen LogP contribution in [0.3, 0.4) is 0 Å². The minimum Gasteiger partial charge on any atom is -0.310 e. The standard InChI is InChI=1S/C75H64N2Si2/c1-78(2,3)75(79(4,5)6)73-67-47-41-63(76(61-33-21-11-22-34-61)71-51-57(53-25-13-7-14-26-53)37-43-65(71)55-29-17-9-18-30-55)49-59(67)39-45-69(73)70-46-40-60-50-64(42-48-68(60)74(70)75)77(62-35-23-12-24-36-62)72-52-58(54-27-15-8-16-28-54)38-44-66(72)56-31-19-10-20-32-56/h7-52H,1-6H3. The Morgan fingerprint density at radius 1 is 0.253 bits per heavy atom. The number of hydrogen-bond donors (Lipinski definition) is 0. The fourth-order valence-electron chi connectivity index (χ4n) is 13.7. The van der Waals surface area contributed by atoms with E-state index in [0.717, 1.165) is 34.1 Å². The van der Waals surface area contributed by atoms with Crippen molar-refractivity contribution in [2.45, 2.75) is 43.9 Å². The van der Waals surface area contributed by atoms with Gasteiger partial charge in [-0.1, -0.05) is 258 Å². The molecule has 0 heterocycles. The summed E-state index contributed by atoms with van der Waals surface area (Å²) in [5, 5.41) is 5.26. The second-order valence-electron chi connectivity index (χ2n) is 23.3. The Labute approximate surface area is 468 Å². The maximum Gasteiger partial charge on any atom is 0.0579 e. The van der Waals surface area contributed by atoms with E-state index in [2.05, 4.69) is 328 Å². The number of anilines is 6. The highest BCUT2D eigenvalue weighted by atomic mass is 28.4. The van der Waals surface area contributed by atoms with Crippen LogP contribution >= 0.6 is 0 Å². The van der Waals surface area contributed by atoms with Crippen molar-refractivity contribution in [2.75, 3.05) is 9.80 Å². The summed E-state index contributed by atoms with van der Waals surface area (Å²) < 4.78 is -0.125. The molecule has 0 saturated heterocycles. The van der Waals surface area contributed by atoms with Crippen molar-refractivity contribution in [3.63, 3.8) is 0 Å². The van der Waals surface area contributed by atoms with Crippen LogP contribution in [0.25, 0.3) is 77.2 Å². The fraction of sp³-hybridized carbons (Fsp3) is 0.0933. The van der Waals surface area contributed by atoms with Gasteiger partial charge >= 0.3 is 0 Å². The van der Waals surface area contributed by atoms with E-state index in [1.165, 1.54) is 77.2 Å². The van der Waals surface area contributed by atoms with Gasteiger partial charge in [0.15, 0.2) is 0 Å². The number of fused-ring (bicyclic) bond motifs is 7. The first kappa shape index (κ1) is 49.7. The highest BCUT2D eigenvalue weighted by molar-refractivity contribution is 7.00. The summed E-state index contributed by atoms with van der Waals surface area (Å²) in [7, 11) is -4.31. The molecule has 13 rings (SSSR count). The molecule has 1 aliphatic carbocycles. The molecule has 79 heavy (non-hydrogen) atoms. The van der Waals surface area contributed by atoms with Gasteiger partial charge in [-0.2, -0.15) is 0 Å². The van der Waals surface area contributed by atoms with Crippen LogP contribution in [0.4, 0.5) is 34.1 Å². The SMILES string of the molecule is C[Si](C)(C)C1([Si](C)(C)C)c2c(ccc3cc(N(c4ccccc4)c4cc(-c5ccccc5)ccc4-c4ccccc4)ccc23)-c2ccc3cc(N(c4ccccc4)c4cc(-c5ccccc5)ccc4-c4ccccc4)ccc3c21. The molecule has 0 fully saturated rings. The molecule has 0 amide bonds. The minimum atomic E-state index is -2.15. The lowest BCUT2D eigenvalue weighted by atomic mass is 9.95. The van der Waals surface area contributed by atoms with Gasteiger partial charge in [0.2, 0.25) is 0 Å². The first-order valence-corrected chi connectivity index (χ1v) is 34.8. The van der Waals surface area contributed by atoms with Gasteiger partial charge in [-0.3, -0.25) is 0 Å². The predicted molar refractivity (Wildman–Crippen MR) is 345 cm³/mol. The summed E-state index contributed by atoms with van der Waals surface area (Å²) in [6.45, 7) is 15.9. The van der Waals surface area contributed by atoms with Gasteiger partial charge < -0.3 is 9.80 Å². The molecule has 4 heteroatoms. The summed E-state index contributed by atoms with van der Waals surface area (Å²) in [6.07, 6.45) is 0. The highest BCUT2D eigenvalue weighted by Crippen LogP contribution is 2.62. The molecule has 0 aliphatic heterocycles. The summed E-state index contributed by atoms with van der Waals surface area (Å²) in [5.41, 5.74) is 22.2. The maximum absolute atomic E-state index is 2.65. The largest absolute Gasteiger partial charge is 0.310 e. The number of nitrogens with zero attached hydrogens (tertiary/aromatic N) is 2. The molecule has 12 aromatic rings. The van der Waals surface area contributed by atoms with Crippen molar-refractivity contribution < 1.29 is 0 Å². The zero-order valence-corrected chi connectivity index (χ0v) is 48.0. The van der Waals surface area contributed by atoms with Crippen LogP contribution in [0, 0.1) is 0 Å². The average Bonchev–Trinajstić information content (AvgIpc) is 3.40. The normalized spacial score (nSPS) is 12.8. The van der Waals surface area contributed by atoms with Gasteiger partial charge in [-0.05, 0) is 138 Å². The summed E-state index contributed by atoms with van der Waals surface area (Å²) in [6, 6.07) is 103. The lowest BCUT2D eigenvalue weighted by molar-refractivity contribution is 0.972. The summed E-state index contributed by atoms with van der Waals surface area (Å²) in [5.74, 6) is 0. The second kappa shape index (κ2) is 19.9. The predicted octanol–water partition coefficient (Wildman–Crippen LogP) is 21.6. The van der Waals surface area contributed by atoms with Gasteiger partial charge in [0.25, 0.3) is 0 Å². The minimum absolute atomic E-state index is 0.125. The Morgan fingerprint density at radius 2 is 0.570 bits per heavy atom. The maximum atomic E-state index is 2.65. The van der Waals surface area contributed by atoms with E-state index in [4.69, 9.17) is 0 Å².